The van der Waals surface area contributed by atoms with Gasteiger partial charge in [-0.2, -0.15) is 0 Å². The van der Waals surface area contributed by atoms with E-state index in [0.29, 0.717) is 5.57 Å². The van der Waals surface area contributed by atoms with Crippen molar-refractivity contribution in [2.45, 2.75) is 32.7 Å². The molecule has 2 nitrogen and oxygen atoms in total. The fraction of sp³-hybridized carbons (Fsp3) is 0.250. The Morgan fingerprint density at radius 2 is 1.55 bits per heavy atom. The molecule has 1 N–H and O–H groups in total. The van der Waals surface area contributed by atoms with Gasteiger partial charge in [0.2, 0.25) is 0 Å². The van der Waals surface area contributed by atoms with E-state index in [2.05, 4.69) is 12.2 Å². The van der Waals surface area contributed by atoms with Crippen molar-refractivity contribution in [3.05, 3.63) is 71.8 Å². The first-order chi connectivity index (χ1) is 10.5. The van der Waals surface area contributed by atoms with Gasteiger partial charge in [-0.05, 0) is 37.5 Å². The van der Waals surface area contributed by atoms with Crippen LogP contribution in [-0.4, -0.2) is 11.4 Å². The Morgan fingerprint density at radius 3 is 2.09 bits per heavy atom. The fourth-order valence-electron chi connectivity index (χ4n) is 2.08. The van der Waals surface area contributed by atoms with Crippen molar-refractivity contribution in [1.82, 2.24) is 5.32 Å². The lowest BCUT2D eigenvalue weighted by Gasteiger charge is -2.25. The zero-order valence-electron chi connectivity index (χ0n) is 13.5. The van der Waals surface area contributed by atoms with Crippen molar-refractivity contribution in [2.24, 2.45) is 0 Å². The molecule has 1 amide bonds. The standard InChI is InChI=1S/C20H23NO/c1-4-20(2,3)21-19(22)18(17-13-9-6-10-14-17)15-16-11-7-5-8-12-16/h5-15H,4H2,1-3H3,(H,21,22)/b18-15+. The molecule has 0 spiro atoms. The van der Waals surface area contributed by atoms with Crippen LogP contribution in [0.2, 0.25) is 0 Å². The number of nitrogens with one attached hydrogen (secondary N) is 1. The minimum atomic E-state index is -0.221. The molecule has 0 aromatic heterocycles. The lowest BCUT2D eigenvalue weighted by atomic mass is 9.98. The normalized spacial score (nSPS) is 12.0. The Bertz CT molecular complexity index is 642. The maximum absolute atomic E-state index is 12.7. The number of benzene rings is 2. The first-order valence-electron chi connectivity index (χ1n) is 7.66. The average molecular weight is 293 g/mol. The van der Waals surface area contributed by atoms with Gasteiger partial charge in [0, 0.05) is 11.1 Å². The summed E-state index contributed by atoms with van der Waals surface area (Å²) in [4.78, 5) is 12.7. The van der Waals surface area contributed by atoms with E-state index in [1.54, 1.807) is 0 Å². The van der Waals surface area contributed by atoms with Crippen LogP contribution in [0.15, 0.2) is 60.7 Å². The smallest absolute Gasteiger partial charge is 0.252 e. The number of rotatable bonds is 5. The quantitative estimate of drug-likeness (QED) is 0.637. The van der Waals surface area contributed by atoms with E-state index in [4.69, 9.17) is 0 Å². The van der Waals surface area contributed by atoms with Gasteiger partial charge in [0.15, 0.2) is 0 Å². The molecule has 0 heterocycles. The summed E-state index contributed by atoms with van der Waals surface area (Å²) in [5.41, 5.74) is 2.41. The predicted molar refractivity (Wildman–Crippen MR) is 93.3 cm³/mol. The van der Waals surface area contributed by atoms with Crippen molar-refractivity contribution in [3.8, 4) is 0 Å². The van der Waals surface area contributed by atoms with Gasteiger partial charge in [0.1, 0.15) is 0 Å². The molecule has 2 aromatic rings. The van der Waals surface area contributed by atoms with E-state index in [1.807, 2.05) is 80.6 Å². The number of hydrogen-bond donors (Lipinski definition) is 1. The first-order valence-corrected chi connectivity index (χ1v) is 7.66. The van der Waals surface area contributed by atoms with Crippen molar-refractivity contribution in [1.29, 1.82) is 0 Å². The highest BCUT2D eigenvalue weighted by molar-refractivity contribution is 6.24. The maximum Gasteiger partial charge on any atom is 0.252 e. The Labute approximate surface area is 132 Å². The van der Waals surface area contributed by atoms with Gasteiger partial charge in [0.25, 0.3) is 5.91 Å². The molecule has 2 rings (SSSR count). The summed E-state index contributed by atoms with van der Waals surface area (Å²) in [5.74, 6) is -0.0399. The molecule has 22 heavy (non-hydrogen) atoms. The third kappa shape index (κ3) is 4.32. The van der Waals surface area contributed by atoms with Gasteiger partial charge in [-0.3, -0.25) is 4.79 Å². The van der Waals surface area contributed by atoms with Crippen LogP contribution in [0.4, 0.5) is 0 Å². The second-order valence-corrected chi connectivity index (χ2v) is 6.03. The summed E-state index contributed by atoms with van der Waals surface area (Å²) in [7, 11) is 0. The molecule has 0 aliphatic carbocycles. The van der Waals surface area contributed by atoms with Gasteiger partial charge in [-0.25, -0.2) is 0 Å². The largest absolute Gasteiger partial charge is 0.347 e. The van der Waals surface area contributed by atoms with Crippen molar-refractivity contribution in [3.63, 3.8) is 0 Å². The van der Waals surface area contributed by atoms with E-state index >= 15 is 0 Å². The van der Waals surface area contributed by atoms with Crippen LogP contribution in [-0.2, 0) is 4.79 Å². The second kappa shape index (κ2) is 7.08. The summed E-state index contributed by atoms with van der Waals surface area (Å²) >= 11 is 0. The lowest BCUT2D eigenvalue weighted by molar-refractivity contribution is -0.117. The minimum absolute atomic E-state index is 0.0399. The molecular formula is C20H23NO. The highest BCUT2D eigenvalue weighted by Crippen LogP contribution is 2.20. The van der Waals surface area contributed by atoms with E-state index in [-0.39, 0.29) is 11.4 Å². The monoisotopic (exact) mass is 293 g/mol. The van der Waals surface area contributed by atoms with Crippen molar-refractivity contribution < 1.29 is 4.79 Å². The van der Waals surface area contributed by atoms with Gasteiger partial charge in [-0.1, -0.05) is 67.6 Å². The van der Waals surface area contributed by atoms with E-state index < -0.39 is 0 Å². The van der Waals surface area contributed by atoms with Crippen LogP contribution in [0.1, 0.15) is 38.3 Å². The molecule has 114 valence electrons. The summed E-state index contributed by atoms with van der Waals surface area (Å²) < 4.78 is 0. The molecule has 0 radical (unpaired) electrons. The summed E-state index contributed by atoms with van der Waals surface area (Å²) in [6.45, 7) is 6.15. The molecule has 2 aromatic carbocycles. The molecule has 0 aliphatic rings. The Balaban J connectivity index is 2.39. The zero-order chi connectivity index (χ0) is 16.0. The second-order valence-electron chi connectivity index (χ2n) is 6.03. The first kappa shape index (κ1) is 16.0. The molecule has 0 saturated heterocycles. The zero-order valence-corrected chi connectivity index (χ0v) is 13.5. The highest BCUT2D eigenvalue weighted by Gasteiger charge is 2.21. The Kier molecular flexibility index (Phi) is 5.16. The van der Waals surface area contributed by atoms with Gasteiger partial charge in [0.05, 0.1) is 0 Å². The van der Waals surface area contributed by atoms with Crippen LogP contribution in [0, 0.1) is 0 Å². The Hall–Kier alpha value is -2.35. The van der Waals surface area contributed by atoms with Crippen LogP contribution in [0.5, 0.6) is 0 Å². The fourth-order valence-corrected chi connectivity index (χ4v) is 2.08. The third-order valence-corrected chi connectivity index (χ3v) is 3.78. The third-order valence-electron chi connectivity index (χ3n) is 3.78. The molecule has 0 atom stereocenters. The predicted octanol–water partition coefficient (Wildman–Crippen LogP) is 4.53. The summed E-state index contributed by atoms with van der Waals surface area (Å²) in [6.07, 6.45) is 2.82. The number of carbonyl (C=O) groups is 1. The van der Waals surface area contributed by atoms with Gasteiger partial charge in [-0.15, -0.1) is 0 Å². The summed E-state index contributed by atoms with van der Waals surface area (Å²) in [6, 6.07) is 19.7. The molecule has 0 bridgehead atoms. The van der Waals surface area contributed by atoms with E-state index in [9.17, 15) is 4.79 Å². The number of hydrogen-bond acceptors (Lipinski definition) is 1. The van der Waals surface area contributed by atoms with Crippen molar-refractivity contribution >= 4 is 17.6 Å². The van der Waals surface area contributed by atoms with Crippen LogP contribution in [0.25, 0.3) is 11.6 Å². The molecule has 2 heteroatoms. The molecule has 0 fully saturated rings. The SMILES string of the molecule is CCC(C)(C)NC(=O)/C(=C/c1ccccc1)c1ccccc1. The molecule has 0 saturated carbocycles. The highest BCUT2D eigenvalue weighted by atomic mass is 16.1. The maximum atomic E-state index is 12.7. The average Bonchev–Trinajstić information content (AvgIpc) is 2.54. The van der Waals surface area contributed by atoms with E-state index in [0.717, 1.165) is 17.5 Å². The number of carbonyl (C=O) groups excluding carboxylic acids is 1. The van der Waals surface area contributed by atoms with Crippen LogP contribution < -0.4 is 5.32 Å². The van der Waals surface area contributed by atoms with Gasteiger partial charge >= 0.3 is 0 Å². The minimum Gasteiger partial charge on any atom is -0.347 e. The lowest BCUT2D eigenvalue weighted by Crippen LogP contribution is -2.43. The molecule has 0 unspecified atom stereocenters. The molecular weight excluding hydrogens is 270 g/mol. The Morgan fingerprint density at radius 1 is 1.00 bits per heavy atom. The number of amides is 1. The van der Waals surface area contributed by atoms with Crippen LogP contribution in [0.3, 0.4) is 0 Å². The van der Waals surface area contributed by atoms with Crippen LogP contribution >= 0.6 is 0 Å². The van der Waals surface area contributed by atoms with E-state index in [1.165, 1.54) is 0 Å². The molecule has 0 aliphatic heterocycles. The summed E-state index contributed by atoms with van der Waals surface area (Å²) in [5, 5.41) is 3.12. The van der Waals surface area contributed by atoms with Gasteiger partial charge < -0.3 is 5.32 Å². The topological polar surface area (TPSA) is 29.1 Å². The van der Waals surface area contributed by atoms with Crippen molar-refractivity contribution in [2.75, 3.05) is 0 Å².